The molecule has 1 saturated heterocycles. The summed E-state index contributed by atoms with van der Waals surface area (Å²) in [5, 5.41) is 3.21. The SMILES string of the molecule is O=S(=O)(NC[C@@H]1COCCO1)c1ccc2c(c1)CCN2. The molecule has 0 amide bonds. The lowest BCUT2D eigenvalue weighted by atomic mass is 10.2. The summed E-state index contributed by atoms with van der Waals surface area (Å²) in [5.41, 5.74) is 2.07. The topological polar surface area (TPSA) is 76.7 Å². The highest BCUT2D eigenvalue weighted by Gasteiger charge is 2.21. The third-order valence-corrected chi connectivity index (χ3v) is 4.90. The van der Waals surface area contributed by atoms with Crippen LogP contribution >= 0.6 is 0 Å². The van der Waals surface area contributed by atoms with Crippen LogP contribution in [0.3, 0.4) is 0 Å². The lowest BCUT2D eigenvalue weighted by molar-refractivity contribution is -0.0846. The summed E-state index contributed by atoms with van der Waals surface area (Å²) in [7, 11) is -3.49. The first-order valence-electron chi connectivity index (χ1n) is 6.71. The summed E-state index contributed by atoms with van der Waals surface area (Å²) >= 11 is 0. The van der Waals surface area contributed by atoms with Gasteiger partial charge in [0.25, 0.3) is 0 Å². The smallest absolute Gasteiger partial charge is 0.240 e. The molecule has 0 aromatic heterocycles. The van der Waals surface area contributed by atoms with Crippen molar-refractivity contribution in [3.8, 4) is 0 Å². The van der Waals surface area contributed by atoms with E-state index in [1.807, 2.05) is 6.07 Å². The second-order valence-corrected chi connectivity index (χ2v) is 6.68. The van der Waals surface area contributed by atoms with E-state index in [1.54, 1.807) is 12.1 Å². The number of fused-ring (bicyclic) bond motifs is 1. The summed E-state index contributed by atoms with van der Waals surface area (Å²) in [5.74, 6) is 0. The number of hydrogen-bond donors (Lipinski definition) is 2. The Kier molecular flexibility index (Phi) is 3.93. The highest BCUT2D eigenvalue weighted by Crippen LogP contribution is 2.24. The largest absolute Gasteiger partial charge is 0.384 e. The van der Waals surface area contributed by atoms with Crippen LogP contribution < -0.4 is 10.0 Å². The van der Waals surface area contributed by atoms with Gasteiger partial charge in [-0.25, -0.2) is 13.1 Å². The highest BCUT2D eigenvalue weighted by molar-refractivity contribution is 7.89. The van der Waals surface area contributed by atoms with Gasteiger partial charge >= 0.3 is 0 Å². The summed E-state index contributed by atoms with van der Waals surface area (Å²) in [6.45, 7) is 2.60. The molecule has 0 bridgehead atoms. The number of rotatable bonds is 4. The van der Waals surface area contributed by atoms with Crippen LogP contribution in [0.1, 0.15) is 5.56 Å². The Bertz CT molecular complexity index is 582. The van der Waals surface area contributed by atoms with Gasteiger partial charge in [0.2, 0.25) is 10.0 Å². The maximum absolute atomic E-state index is 12.2. The van der Waals surface area contributed by atoms with Crippen molar-refractivity contribution in [2.24, 2.45) is 0 Å². The quantitative estimate of drug-likeness (QED) is 0.839. The second kappa shape index (κ2) is 5.69. The van der Waals surface area contributed by atoms with E-state index in [2.05, 4.69) is 10.0 Å². The number of hydrogen-bond acceptors (Lipinski definition) is 5. The van der Waals surface area contributed by atoms with E-state index in [-0.39, 0.29) is 12.6 Å². The second-order valence-electron chi connectivity index (χ2n) is 4.92. The van der Waals surface area contributed by atoms with Crippen molar-refractivity contribution in [3.05, 3.63) is 23.8 Å². The van der Waals surface area contributed by atoms with Gasteiger partial charge in [-0.05, 0) is 30.2 Å². The minimum absolute atomic E-state index is 0.213. The number of anilines is 1. The maximum Gasteiger partial charge on any atom is 0.240 e. The van der Waals surface area contributed by atoms with Crippen molar-refractivity contribution >= 4 is 15.7 Å². The fourth-order valence-electron chi connectivity index (χ4n) is 2.39. The van der Waals surface area contributed by atoms with E-state index in [4.69, 9.17) is 9.47 Å². The van der Waals surface area contributed by atoms with Crippen molar-refractivity contribution in [3.63, 3.8) is 0 Å². The molecule has 6 nitrogen and oxygen atoms in total. The maximum atomic E-state index is 12.2. The molecule has 1 fully saturated rings. The Morgan fingerprint density at radius 1 is 1.35 bits per heavy atom. The minimum atomic E-state index is -3.49. The summed E-state index contributed by atoms with van der Waals surface area (Å²) in [6.07, 6.45) is 0.646. The third kappa shape index (κ3) is 2.95. The average Bonchev–Trinajstić information content (AvgIpc) is 2.94. The Morgan fingerprint density at radius 2 is 2.25 bits per heavy atom. The fourth-order valence-corrected chi connectivity index (χ4v) is 3.51. The molecular formula is C13H18N2O4S. The molecule has 110 valence electrons. The molecule has 2 aliphatic rings. The molecule has 0 aliphatic carbocycles. The van der Waals surface area contributed by atoms with Gasteiger partial charge in [0.05, 0.1) is 30.8 Å². The van der Waals surface area contributed by atoms with Gasteiger partial charge in [0.1, 0.15) is 0 Å². The molecule has 0 saturated carbocycles. The summed E-state index contributed by atoms with van der Waals surface area (Å²) in [6, 6.07) is 5.17. The van der Waals surface area contributed by atoms with E-state index < -0.39 is 10.0 Å². The average molecular weight is 298 g/mol. The number of nitrogens with one attached hydrogen (secondary N) is 2. The Labute approximate surface area is 118 Å². The molecule has 2 N–H and O–H groups in total. The molecule has 3 rings (SSSR count). The first-order chi connectivity index (χ1) is 9.65. The van der Waals surface area contributed by atoms with Gasteiger partial charge < -0.3 is 14.8 Å². The molecule has 20 heavy (non-hydrogen) atoms. The normalized spacial score (nSPS) is 22.3. The van der Waals surface area contributed by atoms with Crippen LogP contribution in [0.4, 0.5) is 5.69 Å². The molecule has 0 unspecified atom stereocenters. The van der Waals surface area contributed by atoms with Gasteiger partial charge in [-0.1, -0.05) is 0 Å². The monoisotopic (exact) mass is 298 g/mol. The van der Waals surface area contributed by atoms with E-state index >= 15 is 0 Å². The van der Waals surface area contributed by atoms with Gasteiger partial charge in [0, 0.05) is 18.8 Å². The van der Waals surface area contributed by atoms with Gasteiger partial charge in [0.15, 0.2) is 0 Å². The molecule has 7 heteroatoms. The molecule has 2 heterocycles. The molecule has 1 aromatic carbocycles. The lowest BCUT2D eigenvalue weighted by Crippen LogP contribution is -2.39. The summed E-state index contributed by atoms with van der Waals surface area (Å²) < 4.78 is 37.7. The van der Waals surface area contributed by atoms with Crippen molar-refractivity contribution in [2.75, 3.05) is 38.2 Å². The predicted molar refractivity (Wildman–Crippen MR) is 74.4 cm³/mol. The molecule has 0 radical (unpaired) electrons. The zero-order valence-electron chi connectivity index (χ0n) is 11.1. The highest BCUT2D eigenvalue weighted by atomic mass is 32.2. The minimum Gasteiger partial charge on any atom is -0.384 e. The van der Waals surface area contributed by atoms with Crippen LogP contribution in [0.2, 0.25) is 0 Å². The molecule has 2 aliphatic heterocycles. The van der Waals surface area contributed by atoms with Crippen LogP contribution in [0, 0.1) is 0 Å². The predicted octanol–water partition coefficient (Wildman–Crippen LogP) is 0.348. The molecule has 1 aromatic rings. The van der Waals surface area contributed by atoms with Crippen molar-refractivity contribution < 1.29 is 17.9 Å². The van der Waals surface area contributed by atoms with Crippen LogP contribution in [0.15, 0.2) is 23.1 Å². The van der Waals surface area contributed by atoms with Crippen LogP contribution in [0.5, 0.6) is 0 Å². The first-order valence-corrected chi connectivity index (χ1v) is 8.19. The number of ether oxygens (including phenoxy) is 2. The molecule has 1 atom stereocenters. The third-order valence-electron chi connectivity index (χ3n) is 3.48. The van der Waals surface area contributed by atoms with Crippen molar-refractivity contribution in [2.45, 2.75) is 17.4 Å². The van der Waals surface area contributed by atoms with Crippen LogP contribution in [0.25, 0.3) is 0 Å². The van der Waals surface area contributed by atoms with E-state index in [0.717, 1.165) is 24.2 Å². The van der Waals surface area contributed by atoms with Gasteiger partial charge in [-0.2, -0.15) is 0 Å². The van der Waals surface area contributed by atoms with Crippen molar-refractivity contribution in [1.82, 2.24) is 4.72 Å². The van der Waals surface area contributed by atoms with Crippen molar-refractivity contribution in [1.29, 1.82) is 0 Å². The lowest BCUT2D eigenvalue weighted by Gasteiger charge is -2.23. The standard InChI is InChI=1S/C13H18N2O4S/c16-20(17,15-8-11-9-18-5-6-19-11)12-1-2-13-10(7-12)3-4-14-13/h1-2,7,11,14-15H,3-6,8-9H2/t11-/m1/s1. The van der Waals surface area contributed by atoms with E-state index in [9.17, 15) is 8.42 Å². The Morgan fingerprint density at radius 3 is 3.05 bits per heavy atom. The summed E-state index contributed by atoms with van der Waals surface area (Å²) in [4.78, 5) is 0.302. The number of benzene rings is 1. The zero-order chi connectivity index (χ0) is 14.0. The van der Waals surface area contributed by atoms with Crippen LogP contribution in [-0.2, 0) is 25.9 Å². The Balaban J connectivity index is 1.68. The van der Waals surface area contributed by atoms with Gasteiger partial charge in [-0.15, -0.1) is 0 Å². The molecular weight excluding hydrogens is 280 g/mol. The molecule has 0 spiro atoms. The Hall–Kier alpha value is -1.15. The zero-order valence-corrected chi connectivity index (χ0v) is 11.9. The first kappa shape index (κ1) is 13.8. The van der Waals surface area contributed by atoms with Crippen LogP contribution in [-0.4, -0.2) is 47.4 Å². The van der Waals surface area contributed by atoms with E-state index in [1.165, 1.54) is 0 Å². The number of sulfonamides is 1. The van der Waals surface area contributed by atoms with E-state index in [0.29, 0.717) is 24.7 Å². The fraction of sp³-hybridized carbons (Fsp3) is 0.538. The van der Waals surface area contributed by atoms with Gasteiger partial charge in [-0.3, -0.25) is 0 Å².